The number of allylic oxidation sites excluding steroid dienone is 2. The van der Waals surface area contributed by atoms with E-state index in [2.05, 4.69) is 25.7 Å². The molecule has 61 heavy (non-hydrogen) atoms. The lowest BCUT2D eigenvalue weighted by molar-refractivity contribution is -0.132. The number of sulfonamides is 1. The number of pyridine rings is 1. The number of urea groups is 1. The summed E-state index contributed by atoms with van der Waals surface area (Å²) in [6.45, 7) is 6.36. The van der Waals surface area contributed by atoms with Gasteiger partial charge in [0.05, 0.1) is 50.8 Å². The lowest BCUT2D eigenvalue weighted by Gasteiger charge is -2.24. The first kappa shape index (κ1) is 44.9. The number of anilines is 5. The van der Waals surface area contributed by atoms with Crippen molar-refractivity contribution < 1.29 is 46.8 Å². The minimum absolute atomic E-state index is 0.0514. The molecule has 9 N–H and O–H groups in total. The molecule has 17 nitrogen and oxygen atoms in total. The molecule has 1 heterocycles. The van der Waals surface area contributed by atoms with Gasteiger partial charge in [0, 0.05) is 52.6 Å². The highest BCUT2D eigenvalue weighted by Gasteiger charge is 2.23. The van der Waals surface area contributed by atoms with Crippen LogP contribution in [0.2, 0.25) is 0 Å². The number of hydrogen-bond donors (Lipinski definition) is 7. The highest BCUT2D eigenvalue weighted by Crippen LogP contribution is 2.40. The molecule has 322 valence electrons. The Morgan fingerprint density at radius 2 is 1.52 bits per heavy atom. The van der Waals surface area contributed by atoms with Crippen molar-refractivity contribution in [3.8, 4) is 28.7 Å². The van der Waals surface area contributed by atoms with E-state index in [9.17, 15) is 18.0 Å². The topological polar surface area (TPSA) is 248 Å². The number of carboxylic acids is 1. The second-order valence-corrected chi connectivity index (χ2v) is 16.3. The van der Waals surface area contributed by atoms with E-state index in [1.54, 1.807) is 60.8 Å². The van der Waals surface area contributed by atoms with E-state index in [-0.39, 0.29) is 48.1 Å². The van der Waals surface area contributed by atoms with Crippen molar-refractivity contribution in [3.63, 3.8) is 0 Å². The average molecular weight is 856 g/mol. The van der Waals surface area contributed by atoms with Gasteiger partial charge in [-0.05, 0) is 53.5 Å². The van der Waals surface area contributed by atoms with Gasteiger partial charge in [0.25, 0.3) is 0 Å². The second-order valence-electron chi connectivity index (χ2n) is 14.5. The molecule has 1 aromatic heterocycles. The summed E-state index contributed by atoms with van der Waals surface area (Å²) in [7, 11) is -0.722. The number of amides is 2. The molecule has 2 amide bonds. The molecule has 5 aromatic rings. The number of aromatic nitrogens is 1. The Morgan fingerprint density at radius 3 is 2.21 bits per heavy atom. The molecular weight excluding hydrogens is 807 g/mol. The molecule has 0 radical (unpaired) electrons. The summed E-state index contributed by atoms with van der Waals surface area (Å²) < 4.78 is 55.6. The van der Waals surface area contributed by atoms with Gasteiger partial charge in [-0.15, -0.1) is 0 Å². The quantitative estimate of drug-likeness (QED) is 0.0260. The normalized spacial score (nSPS) is 12.0. The highest BCUT2D eigenvalue weighted by atomic mass is 32.2. The Kier molecular flexibility index (Phi) is 14.5. The largest absolute Gasteiger partial charge is 0.497 e. The molecule has 0 spiro atoms. The van der Waals surface area contributed by atoms with Crippen LogP contribution in [0.5, 0.6) is 28.7 Å². The predicted octanol–water partition coefficient (Wildman–Crippen LogP) is 7.27. The molecule has 18 heteroatoms. The molecule has 4 aromatic carbocycles. The molecule has 0 aliphatic heterocycles. The summed E-state index contributed by atoms with van der Waals surface area (Å²) >= 11 is 0. The lowest BCUT2D eigenvalue weighted by Crippen LogP contribution is -2.22. The van der Waals surface area contributed by atoms with Gasteiger partial charge in [0.1, 0.15) is 41.1 Å². The summed E-state index contributed by atoms with van der Waals surface area (Å²) in [5.74, 6) is 1.42. The molecule has 5 rings (SSSR count). The third-order valence-corrected chi connectivity index (χ3v) is 9.26. The first-order valence-electron chi connectivity index (χ1n) is 18.7. The highest BCUT2D eigenvalue weighted by molar-refractivity contribution is 7.92. The van der Waals surface area contributed by atoms with Crippen LogP contribution in [-0.2, 0) is 25.0 Å². The molecule has 0 saturated carbocycles. The molecule has 0 unspecified atom stereocenters. The zero-order valence-corrected chi connectivity index (χ0v) is 35.3. The van der Waals surface area contributed by atoms with Crippen molar-refractivity contribution in [1.82, 2.24) is 4.98 Å². The first-order chi connectivity index (χ1) is 28.9. The second kappa shape index (κ2) is 19.7. The van der Waals surface area contributed by atoms with Crippen LogP contribution < -0.4 is 51.1 Å². The van der Waals surface area contributed by atoms with Gasteiger partial charge in [-0.25, -0.2) is 23.0 Å². The Bertz CT molecular complexity index is 2570. The number of ether oxygens (including phenoxy) is 5. The van der Waals surface area contributed by atoms with Crippen LogP contribution in [0.25, 0.3) is 10.8 Å². The van der Waals surface area contributed by atoms with Gasteiger partial charge in [-0.1, -0.05) is 45.0 Å². The fourth-order valence-electron chi connectivity index (χ4n) is 5.78. The zero-order chi connectivity index (χ0) is 44.3. The van der Waals surface area contributed by atoms with Crippen molar-refractivity contribution >= 4 is 61.4 Å². The number of hydrogen-bond acceptors (Lipinski definition) is 13. The number of carbonyl (C=O) groups excluding carboxylic acids is 1. The van der Waals surface area contributed by atoms with Crippen molar-refractivity contribution in [3.05, 3.63) is 114 Å². The van der Waals surface area contributed by atoms with E-state index in [4.69, 9.17) is 40.3 Å². The number of benzene rings is 4. The number of rotatable bonds is 18. The Morgan fingerprint density at radius 1 is 0.820 bits per heavy atom. The van der Waals surface area contributed by atoms with Crippen LogP contribution in [0.4, 0.5) is 33.4 Å². The number of aliphatic carboxylic acids is 1. The van der Waals surface area contributed by atoms with Crippen molar-refractivity contribution in [2.45, 2.75) is 26.2 Å². The molecule has 0 aliphatic rings. The maximum atomic E-state index is 13.5. The standard InChI is InChI=1S/C43H49N7O10S/c1-43(2,3)26-19-36(40(57-5)37(20-26)50-61(6,54)55)49-42(53)48-35-13-14-38(33-10-8-7-9-32(33)35)60-29-15-16-46-39(24-29)47-28-21-30(56-4)23-31(22-28)59-18-17-58-25-27(44)11-12-34(45)41(51)52/h7-16,19-24,50H,17-18,25,44-45H2,1-6H3,(H,46,47)(H,51,52)(H2,48,49,53)/b27-11-,34-12-. The van der Waals surface area contributed by atoms with Gasteiger partial charge in [0.15, 0.2) is 5.75 Å². The molecule has 0 aliphatic carbocycles. The Hall–Kier alpha value is -7.18. The summed E-state index contributed by atoms with van der Waals surface area (Å²) in [6.07, 6.45) is 5.20. The Labute approximate surface area is 353 Å². The van der Waals surface area contributed by atoms with Gasteiger partial charge < -0.3 is 56.2 Å². The summed E-state index contributed by atoms with van der Waals surface area (Å²) in [5.41, 5.74) is 13.1. The smallest absolute Gasteiger partial charge is 0.351 e. The minimum atomic E-state index is -3.66. The van der Waals surface area contributed by atoms with E-state index in [1.807, 2.05) is 45.0 Å². The van der Waals surface area contributed by atoms with Crippen molar-refractivity contribution in [2.24, 2.45) is 11.5 Å². The van der Waals surface area contributed by atoms with Gasteiger partial charge in [-0.3, -0.25) is 4.72 Å². The third-order valence-electron chi connectivity index (χ3n) is 8.67. The van der Waals surface area contributed by atoms with E-state index < -0.39 is 22.0 Å². The molecule has 0 saturated heterocycles. The first-order valence-corrected chi connectivity index (χ1v) is 20.6. The summed E-state index contributed by atoms with van der Waals surface area (Å²) in [4.78, 5) is 28.8. The summed E-state index contributed by atoms with van der Waals surface area (Å²) in [5, 5.41) is 19.3. The maximum absolute atomic E-state index is 13.5. The van der Waals surface area contributed by atoms with Gasteiger partial charge in [0.2, 0.25) is 10.0 Å². The van der Waals surface area contributed by atoms with E-state index in [0.29, 0.717) is 51.3 Å². The fraction of sp³-hybridized carbons (Fsp3) is 0.233. The molecular formula is C43H49N7O10S. The van der Waals surface area contributed by atoms with Crippen LogP contribution in [0.1, 0.15) is 26.3 Å². The number of nitrogens with two attached hydrogens (primary N) is 2. The zero-order valence-electron chi connectivity index (χ0n) is 34.5. The van der Waals surface area contributed by atoms with Crippen LogP contribution in [0.3, 0.4) is 0 Å². The van der Waals surface area contributed by atoms with E-state index in [1.165, 1.54) is 26.4 Å². The minimum Gasteiger partial charge on any atom is -0.497 e. The van der Waals surface area contributed by atoms with Crippen LogP contribution >= 0.6 is 0 Å². The van der Waals surface area contributed by atoms with E-state index in [0.717, 1.165) is 17.2 Å². The average Bonchev–Trinajstić information content (AvgIpc) is 3.19. The predicted molar refractivity (Wildman–Crippen MR) is 236 cm³/mol. The van der Waals surface area contributed by atoms with Crippen molar-refractivity contribution in [2.75, 3.05) is 61.0 Å². The van der Waals surface area contributed by atoms with Crippen LogP contribution in [-0.4, -0.2) is 70.8 Å². The lowest BCUT2D eigenvalue weighted by atomic mass is 9.86. The van der Waals surface area contributed by atoms with Crippen molar-refractivity contribution in [1.29, 1.82) is 0 Å². The maximum Gasteiger partial charge on any atom is 0.351 e. The molecule has 0 bridgehead atoms. The Balaban J connectivity index is 1.27. The van der Waals surface area contributed by atoms with Crippen LogP contribution in [0, 0.1) is 0 Å². The monoisotopic (exact) mass is 855 g/mol. The number of nitrogens with zero attached hydrogens (tertiary/aromatic N) is 1. The molecule has 0 atom stereocenters. The number of carboxylic acid groups (broad SMARTS) is 1. The van der Waals surface area contributed by atoms with Gasteiger partial charge in [-0.2, -0.15) is 0 Å². The van der Waals surface area contributed by atoms with Crippen LogP contribution in [0.15, 0.2) is 109 Å². The number of nitrogens with one attached hydrogen (secondary N) is 4. The van der Waals surface area contributed by atoms with Gasteiger partial charge >= 0.3 is 12.0 Å². The number of carbonyl (C=O) groups is 2. The number of methoxy groups -OCH3 is 2. The number of fused-ring (bicyclic) bond motifs is 1. The fourth-order valence-corrected chi connectivity index (χ4v) is 6.33. The SMILES string of the molecule is COc1cc(Nc2cc(Oc3ccc(NC(=O)Nc4cc(C(C)(C)C)cc(NS(C)(=O)=O)c4OC)c4ccccc34)ccn2)cc(OCCOC/C(N)=C/C=C(\N)C(=O)O)c1. The van der Waals surface area contributed by atoms with E-state index >= 15 is 0 Å². The summed E-state index contributed by atoms with van der Waals surface area (Å²) in [6, 6.07) is 22.5. The third kappa shape index (κ3) is 12.9. The molecule has 0 fully saturated rings.